The zero-order valence-corrected chi connectivity index (χ0v) is 11.2. The monoisotopic (exact) mass is 387 g/mol. The molecular formula is C9H11I2N. The van der Waals surface area contributed by atoms with Crippen molar-refractivity contribution in [1.82, 2.24) is 0 Å². The lowest BCUT2D eigenvalue weighted by Crippen LogP contribution is -2.10. The van der Waals surface area contributed by atoms with Gasteiger partial charge in [0.2, 0.25) is 0 Å². The first kappa shape index (κ1) is 10.7. The molecule has 0 unspecified atom stereocenters. The van der Waals surface area contributed by atoms with Crippen LogP contribution in [0.5, 0.6) is 0 Å². The van der Waals surface area contributed by atoms with Crippen molar-refractivity contribution in [3.63, 3.8) is 0 Å². The lowest BCUT2D eigenvalue weighted by Gasteiger charge is -2.11. The minimum atomic E-state index is 0.187. The molecule has 1 aromatic rings. The molecule has 12 heavy (non-hydrogen) atoms. The topological polar surface area (TPSA) is 26.0 Å². The molecule has 0 bridgehead atoms. The van der Waals surface area contributed by atoms with Crippen LogP contribution >= 0.6 is 45.2 Å². The van der Waals surface area contributed by atoms with Gasteiger partial charge < -0.3 is 5.73 Å². The standard InChI is InChI=1S/C9H11I2N/c1-2-9(12)7-5-6(10)3-4-8(7)11/h3-5,9H,2,12H2,1H3/t9-/m1/s1. The molecule has 1 atom stereocenters. The molecule has 0 aromatic heterocycles. The van der Waals surface area contributed by atoms with Crippen LogP contribution in [-0.4, -0.2) is 0 Å². The van der Waals surface area contributed by atoms with E-state index in [2.05, 4.69) is 70.3 Å². The third-order valence-electron chi connectivity index (χ3n) is 1.80. The molecule has 0 amide bonds. The summed E-state index contributed by atoms with van der Waals surface area (Å²) in [5, 5.41) is 0. The Bertz CT molecular complexity index is 273. The van der Waals surface area contributed by atoms with Crippen LogP contribution < -0.4 is 5.73 Å². The minimum Gasteiger partial charge on any atom is -0.324 e. The fraction of sp³-hybridized carbons (Fsp3) is 0.333. The van der Waals surface area contributed by atoms with Gasteiger partial charge >= 0.3 is 0 Å². The first-order valence-electron chi connectivity index (χ1n) is 3.85. The SMILES string of the molecule is CC[C@@H](N)c1cc(I)ccc1I. The second-order valence-electron chi connectivity index (χ2n) is 2.68. The molecule has 3 heteroatoms. The molecule has 0 aliphatic heterocycles. The minimum absolute atomic E-state index is 0.187. The fourth-order valence-electron chi connectivity index (χ4n) is 1.02. The predicted octanol–water partition coefficient (Wildman–Crippen LogP) is 3.31. The van der Waals surface area contributed by atoms with Crippen LogP contribution in [0, 0.1) is 7.14 Å². The third-order valence-corrected chi connectivity index (χ3v) is 3.45. The summed E-state index contributed by atoms with van der Waals surface area (Å²) in [6, 6.07) is 6.57. The Hall–Kier alpha value is 0.640. The molecule has 66 valence electrons. The normalized spacial score (nSPS) is 13.0. The van der Waals surface area contributed by atoms with Crippen molar-refractivity contribution in [3.05, 3.63) is 30.9 Å². The first-order valence-corrected chi connectivity index (χ1v) is 6.01. The average Bonchev–Trinajstić information content (AvgIpc) is 2.08. The van der Waals surface area contributed by atoms with E-state index in [1.807, 2.05) is 0 Å². The zero-order valence-electron chi connectivity index (χ0n) is 6.85. The summed E-state index contributed by atoms with van der Waals surface area (Å²) in [7, 11) is 0. The zero-order chi connectivity index (χ0) is 9.14. The lowest BCUT2D eigenvalue weighted by atomic mass is 10.1. The average molecular weight is 387 g/mol. The Balaban J connectivity index is 3.04. The Morgan fingerprint density at radius 3 is 2.67 bits per heavy atom. The molecule has 1 rings (SSSR count). The van der Waals surface area contributed by atoms with Gasteiger partial charge in [0.25, 0.3) is 0 Å². The molecule has 0 aliphatic rings. The van der Waals surface area contributed by atoms with Crippen LogP contribution in [-0.2, 0) is 0 Å². The number of hydrogen-bond acceptors (Lipinski definition) is 1. The summed E-state index contributed by atoms with van der Waals surface area (Å²) in [6.45, 7) is 2.11. The molecule has 0 aliphatic carbocycles. The Kier molecular flexibility index (Phi) is 4.25. The third kappa shape index (κ3) is 2.56. The molecule has 0 fully saturated rings. The van der Waals surface area contributed by atoms with E-state index in [1.165, 1.54) is 12.7 Å². The maximum atomic E-state index is 5.96. The molecule has 0 saturated carbocycles. The number of benzene rings is 1. The molecule has 0 heterocycles. The quantitative estimate of drug-likeness (QED) is 0.775. The van der Waals surface area contributed by atoms with Crippen LogP contribution in [0.1, 0.15) is 24.9 Å². The van der Waals surface area contributed by atoms with Gasteiger partial charge in [0.1, 0.15) is 0 Å². The molecule has 1 nitrogen and oxygen atoms in total. The van der Waals surface area contributed by atoms with E-state index in [-0.39, 0.29) is 6.04 Å². The number of halogens is 2. The van der Waals surface area contributed by atoms with Crippen LogP contribution in [0.15, 0.2) is 18.2 Å². The highest BCUT2D eigenvalue weighted by molar-refractivity contribution is 14.1. The largest absolute Gasteiger partial charge is 0.324 e. The maximum Gasteiger partial charge on any atom is 0.0303 e. The Morgan fingerprint density at radius 1 is 1.42 bits per heavy atom. The van der Waals surface area contributed by atoms with Gasteiger partial charge in [-0.25, -0.2) is 0 Å². The number of nitrogens with two attached hydrogens (primary N) is 1. The van der Waals surface area contributed by atoms with E-state index >= 15 is 0 Å². The van der Waals surface area contributed by atoms with Crippen molar-refractivity contribution >= 4 is 45.2 Å². The molecular weight excluding hydrogens is 376 g/mol. The van der Waals surface area contributed by atoms with E-state index < -0.39 is 0 Å². The number of hydrogen-bond donors (Lipinski definition) is 1. The van der Waals surface area contributed by atoms with Crippen LogP contribution in [0.25, 0.3) is 0 Å². The van der Waals surface area contributed by atoms with Crippen molar-refractivity contribution < 1.29 is 0 Å². The summed E-state index contributed by atoms with van der Waals surface area (Å²) in [6.07, 6.45) is 0.996. The van der Waals surface area contributed by atoms with E-state index in [4.69, 9.17) is 5.73 Å². The maximum absolute atomic E-state index is 5.96. The molecule has 0 saturated heterocycles. The van der Waals surface area contributed by atoms with Crippen molar-refractivity contribution in [2.24, 2.45) is 5.73 Å². The lowest BCUT2D eigenvalue weighted by molar-refractivity contribution is 0.694. The molecule has 0 radical (unpaired) electrons. The van der Waals surface area contributed by atoms with Crippen LogP contribution in [0.2, 0.25) is 0 Å². The molecule has 0 spiro atoms. The summed E-state index contributed by atoms with van der Waals surface area (Å²) in [5.41, 5.74) is 7.22. The summed E-state index contributed by atoms with van der Waals surface area (Å²) < 4.78 is 2.52. The van der Waals surface area contributed by atoms with E-state index in [0.717, 1.165) is 6.42 Å². The predicted molar refractivity (Wildman–Crippen MR) is 69.1 cm³/mol. The van der Waals surface area contributed by atoms with Gasteiger partial charge in [0.05, 0.1) is 0 Å². The van der Waals surface area contributed by atoms with E-state index in [1.54, 1.807) is 0 Å². The fourth-order valence-corrected chi connectivity index (χ4v) is 2.27. The summed E-state index contributed by atoms with van der Waals surface area (Å²) >= 11 is 4.65. The molecule has 1 aromatic carbocycles. The van der Waals surface area contributed by atoms with Gasteiger partial charge in [-0.1, -0.05) is 6.92 Å². The first-order chi connectivity index (χ1) is 5.65. The molecule has 2 N–H and O–H groups in total. The highest BCUT2D eigenvalue weighted by Gasteiger charge is 2.07. The van der Waals surface area contributed by atoms with Crippen LogP contribution in [0.4, 0.5) is 0 Å². The van der Waals surface area contributed by atoms with Crippen molar-refractivity contribution in [2.45, 2.75) is 19.4 Å². The van der Waals surface area contributed by atoms with Gasteiger partial charge in [-0.15, -0.1) is 0 Å². The van der Waals surface area contributed by atoms with E-state index in [9.17, 15) is 0 Å². The number of rotatable bonds is 2. The Morgan fingerprint density at radius 2 is 2.08 bits per heavy atom. The Labute approximate surface area is 100 Å². The van der Waals surface area contributed by atoms with Gasteiger partial charge in [-0.2, -0.15) is 0 Å². The summed E-state index contributed by atoms with van der Waals surface area (Å²) in [5.74, 6) is 0. The highest BCUT2D eigenvalue weighted by atomic mass is 127. The smallest absolute Gasteiger partial charge is 0.0303 e. The van der Waals surface area contributed by atoms with Gasteiger partial charge in [-0.3, -0.25) is 0 Å². The second-order valence-corrected chi connectivity index (χ2v) is 5.09. The van der Waals surface area contributed by atoms with Gasteiger partial charge in [0.15, 0.2) is 0 Å². The van der Waals surface area contributed by atoms with Crippen molar-refractivity contribution in [2.75, 3.05) is 0 Å². The van der Waals surface area contributed by atoms with Crippen molar-refractivity contribution in [3.8, 4) is 0 Å². The van der Waals surface area contributed by atoms with Crippen molar-refractivity contribution in [1.29, 1.82) is 0 Å². The second kappa shape index (κ2) is 4.76. The van der Waals surface area contributed by atoms with Gasteiger partial charge in [0, 0.05) is 13.2 Å². The highest BCUT2D eigenvalue weighted by Crippen LogP contribution is 2.22. The van der Waals surface area contributed by atoms with Crippen LogP contribution in [0.3, 0.4) is 0 Å². The van der Waals surface area contributed by atoms with E-state index in [0.29, 0.717) is 0 Å². The summed E-state index contributed by atoms with van der Waals surface area (Å²) in [4.78, 5) is 0. The van der Waals surface area contributed by atoms with Gasteiger partial charge in [-0.05, 0) is 75.4 Å².